The van der Waals surface area contributed by atoms with Gasteiger partial charge < -0.3 is 15.4 Å². The number of carbonyl (C=O) groups is 1. The lowest BCUT2D eigenvalue weighted by Crippen LogP contribution is -2.47. The van der Waals surface area contributed by atoms with Crippen molar-refractivity contribution in [2.24, 2.45) is 0 Å². The van der Waals surface area contributed by atoms with Gasteiger partial charge in [-0.3, -0.25) is 0 Å². The first-order valence-electron chi connectivity index (χ1n) is 7.77. The molecule has 0 unspecified atom stereocenters. The van der Waals surface area contributed by atoms with Gasteiger partial charge in [-0.05, 0) is 37.3 Å². The highest BCUT2D eigenvalue weighted by Gasteiger charge is 2.44. The van der Waals surface area contributed by atoms with E-state index < -0.39 is 11.6 Å². The van der Waals surface area contributed by atoms with E-state index in [9.17, 15) is 13.6 Å². The van der Waals surface area contributed by atoms with Gasteiger partial charge in [-0.15, -0.1) is 0 Å². The Hall–Kier alpha value is -1.69. The summed E-state index contributed by atoms with van der Waals surface area (Å²) >= 11 is 0. The van der Waals surface area contributed by atoms with Crippen LogP contribution in [0.5, 0.6) is 0 Å². The zero-order chi connectivity index (χ0) is 15.3. The molecule has 2 heterocycles. The van der Waals surface area contributed by atoms with Crippen molar-refractivity contribution in [2.45, 2.75) is 55.9 Å². The van der Waals surface area contributed by atoms with E-state index in [1.165, 1.54) is 12.1 Å². The Morgan fingerprint density at radius 3 is 2.64 bits per heavy atom. The lowest BCUT2D eigenvalue weighted by Gasteiger charge is -2.20. The van der Waals surface area contributed by atoms with Gasteiger partial charge in [0.1, 0.15) is 11.6 Å². The molecule has 5 atom stereocenters. The molecule has 4 nitrogen and oxygen atoms in total. The predicted octanol–water partition coefficient (Wildman–Crippen LogP) is 2.44. The molecule has 3 fully saturated rings. The number of ether oxygens (including phenoxy) is 1. The molecule has 0 radical (unpaired) electrons. The van der Waals surface area contributed by atoms with Crippen LogP contribution in [0.2, 0.25) is 0 Å². The summed E-state index contributed by atoms with van der Waals surface area (Å²) in [5.41, 5.74) is 0.468. The predicted molar refractivity (Wildman–Crippen MR) is 75.5 cm³/mol. The zero-order valence-electron chi connectivity index (χ0n) is 12.0. The minimum Gasteiger partial charge on any atom is -0.373 e. The molecule has 22 heavy (non-hydrogen) atoms. The van der Waals surface area contributed by atoms with Crippen molar-refractivity contribution in [3.05, 3.63) is 35.4 Å². The Morgan fingerprint density at radius 2 is 1.95 bits per heavy atom. The number of nitrogens with one attached hydrogen (secondary N) is 2. The molecule has 2 saturated heterocycles. The number of benzene rings is 1. The summed E-state index contributed by atoms with van der Waals surface area (Å²) in [6.45, 7) is 0. The van der Waals surface area contributed by atoms with Gasteiger partial charge in [0.05, 0.1) is 18.2 Å². The van der Waals surface area contributed by atoms with Gasteiger partial charge >= 0.3 is 6.03 Å². The molecule has 2 N–H and O–H groups in total. The molecule has 6 heteroatoms. The van der Waals surface area contributed by atoms with E-state index in [0.717, 1.165) is 25.3 Å². The van der Waals surface area contributed by atoms with Crippen LogP contribution in [0, 0.1) is 11.6 Å². The Morgan fingerprint density at radius 1 is 1.14 bits per heavy atom. The fraction of sp³-hybridized carbons (Fsp3) is 0.562. The van der Waals surface area contributed by atoms with Gasteiger partial charge in [0.25, 0.3) is 0 Å². The van der Waals surface area contributed by atoms with E-state index in [4.69, 9.17) is 4.74 Å². The maximum atomic E-state index is 13.7. The summed E-state index contributed by atoms with van der Waals surface area (Å²) in [7, 11) is 0. The molecule has 2 aliphatic heterocycles. The van der Waals surface area contributed by atoms with Gasteiger partial charge in [0, 0.05) is 18.0 Å². The molecule has 4 rings (SSSR count). The molecular formula is C16H18F2N2O2. The molecule has 0 aromatic heterocycles. The van der Waals surface area contributed by atoms with Crippen molar-refractivity contribution in [1.82, 2.24) is 10.6 Å². The fourth-order valence-corrected chi connectivity index (χ4v) is 3.67. The normalized spacial score (nSPS) is 35.5. The van der Waals surface area contributed by atoms with Crippen molar-refractivity contribution >= 4 is 6.03 Å². The summed E-state index contributed by atoms with van der Waals surface area (Å²) in [5, 5.41) is 5.81. The molecule has 1 aromatic carbocycles. The first-order valence-corrected chi connectivity index (χ1v) is 7.77. The van der Waals surface area contributed by atoms with Crippen molar-refractivity contribution < 1.29 is 18.3 Å². The summed E-state index contributed by atoms with van der Waals surface area (Å²) in [4.78, 5) is 12.0. The number of rotatable bonds is 3. The molecular weight excluding hydrogens is 290 g/mol. The zero-order valence-corrected chi connectivity index (χ0v) is 12.0. The number of hydrogen-bond donors (Lipinski definition) is 2. The molecule has 2 amide bonds. The number of amides is 2. The lowest BCUT2D eigenvalue weighted by atomic mass is 9.96. The smallest absolute Gasteiger partial charge is 0.315 e. The van der Waals surface area contributed by atoms with Crippen LogP contribution in [-0.4, -0.2) is 30.3 Å². The molecule has 2 bridgehead atoms. The van der Waals surface area contributed by atoms with Crippen LogP contribution in [0.15, 0.2) is 18.2 Å². The van der Waals surface area contributed by atoms with Crippen molar-refractivity contribution in [3.8, 4) is 0 Å². The van der Waals surface area contributed by atoms with Crippen LogP contribution >= 0.6 is 0 Å². The summed E-state index contributed by atoms with van der Waals surface area (Å²) in [5.74, 6) is -1.20. The highest BCUT2D eigenvalue weighted by Crippen LogP contribution is 2.42. The average Bonchev–Trinajstić information content (AvgIpc) is 2.91. The van der Waals surface area contributed by atoms with Gasteiger partial charge in [0.15, 0.2) is 0 Å². The third-order valence-electron chi connectivity index (χ3n) is 4.89. The SMILES string of the molecule is O=C(N[C@H]1C[C@@H]1c1ccc(F)cc1F)N[C@@H]1C[C@H]2CC[C@H]1O2. The van der Waals surface area contributed by atoms with Crippen LogP contribution in [-0.2, 0) is 4.74 Å². The Labute approximate surface area is 127 Å². The molecule has 3 aliphatic rings. The summed E-state index contributed by atoms with van der Waals surface area (Å²) in [6.07, 6.45) is 4.07. The second-order valence-electron chi connectivity index (χ2n) is 6.45. The first kappa shape index (κ1) is 13.9. The number of fused-ring (bicyclic) bond motifs is 2. The topological polar surface area (TPSA) is 50.4 Å². The Bertz CT molecular complexity index is 610. The fourth-order valence-electron chi connectivity index (χ4n) is 3.67. The summed E-state index contributed by atoms with van der Waals surface area (Å²) in [6, 6.07) is 3.37. The van der Waals surface area contributed by atoms with Gasteiger partial charge in [0.2, 0.25) is 0 Å². The van der Waals surface area contributed by atoms with Crippen LogP contribution in [0.4, 0.5) is 13.6 Å². The van der Waals surface area contributed by atoms with E-state index in [1.54, 1.807) is 0 Å². The maximum absolute atomic E-state index is 13.7. The van der Waals surface area contributed by atoms with Crippen LogP contribution < -0.4 is 10.6 Å². The van der Waals surface area contributed by atoms with E-state index in [1.807, 2.05) is 0 Å². The second kappa shape index (κ2) is 5.19. The maximum Gasteiger partial charge on any atom is 0.315 e. The molecule has 1 saturated carbocycles. The Kier molecular flexibility index (Phi) is 3.29. The van der Waals surface area contributed by atoms with E-state index in [2.05, 4.69) is 10.6 Å². The average molecular weight is 308 g/mol. The van der Waals surface area contributed by atoms with Crippen molar-refractivity contribution in [3.63, 3.8) is 0 Å². The van der Waals surface area contributed by atoms with Crippen molar-refractivity contribution in [1.29, 1.82) is 0 Å². The minimum atomic E-state index is -0.583. The van der Waals surface area contributed by atoms with Gasteiger partial charge in [-0.25, -0.2) is 13.6 Å². The number of halogens is 2. The number of hydrogen-bond acceptors (Lipinski definition) is 2. The van der Waals surface area contributed by atoms with Crippen molar-refractivity contribution in [2.75, 3.05) is 0 Å². The van der Waals surface area contributed by atoms with Crippen LogP contribution in [0.3, 0.4) is 0 Å². The largest absolute Gasteiger partial charge is 0.373 e. The molecule has 1 aromatic rings. The van der Waals surface area contributed by atoms with Crippen LogP contribution in [0.1, 0.15) is 37.2 Å². The van der Waals surface area contributed by atoms with E-state index >= 15 is 0 Å². The quantitative estimate of drug-likeness (QED) is 0.901. The van der Waals surface area contributed by atoms with Crippen LogP contribution in [0.25, 0.3) is 0 Å². The summed E-state index contributed by atoms with van der Waals surface area (Å²) < 4.78 is 32.3. The molecule has 0 spiro atoms. The monoisotopic (exact) mass is 308 g/mol. The molecule has 1 aliphatic carbocycles. The highest BCUT2D eigenvalue weighted by atomic mass is 19.1. The van der Waals surface area contributed by atoms with E-state index in [0.29, 0.717) is 12.0 Å². The van der Waals surface area contributed by atoms with Gasteiger partial charge in [-0.1, -0.05) is 6.07 Å². The second-order valence-corrected chi connectivity index (χ2v) is 6.45. The number of urea groups is 1. The highest BCUT2D eigenvalue weighted by molar-refractivity contribution is 5.75. The lowest BCUT2D eigenvalue weighted by molar-refractivity contribution is 0.0981. The third kappa shape index (κ3) is 2.56. The Balaban J connectivity index is 1.30. The third-order valence-corrected chi connectivity index (χ3v) is 4.89. The minimum absolute atomic E-state index is 0.0670. The standard InChI is InChI=1S/C16H18F2N2O2/c17-8-1-3-10(12(18)5-8)11-7-13(11)19-16(21)20-14-6-9-2-4-15(14)22-9/h1,3,5,9,11,13-15H,2,4,6-7H2,(H2,19,20,21)/t9-,11-,13+,14-,15-/m1/s1. The van der Waals surface area contributed by atoms with Gasteiger partial charge in [-0.2, -0.15) is 0 Å². The first-order chi connectivity index (χ1) is 10.6. The number of carbonyl (C=O) groups excluding carboxylic acids is 1. The van der Waals surface area contributed by atoms with E-state index in [-0.39, 0.29) is 36.2 Å². The molecule has 118 valence electrons.